The van der Waals surface area contributed by atoms with Gasteiger partial charge >= 0.3 is 0 Å². The van der Waals surface area contributed by atoms with Crippen molar-refractivity contribution in [2.45, 2.75) is 32.7 Å². The maximum absolute atomic E-state index is 12.8. The van der Waals surface area contributed by atoms with Crippen LogP contribution in [-0.4, -0.2) is 48.3 Å². The Morgan fingerprint density at radius 2 is 1.87 bits per heavy atom. The lowest BCUT2D eigenvalue weighted by Crippen LogP contribution is -2.35. The third-order valence-electron chi connectivity index (χ3n) is 5.43. The molecule has 1 heterocycles. The summed E-state index contributed by atoms with van der Waals surface area (Å²) in [5, 5.41) is 7.91. The lowest BCUT2D eigenvalue weighted by atomic mass is 10.0. The zero-order chi connectivity index (χ0) is 22.4. The van der Waals surface area contributed by atoms with Gasteiger partial charge in [-0.15, -0.1) is 0 Å². The van der Waals surface area contributed by atoms with Crippen LogP contribution in [-0.2, 0) is 11.2 Å². The molecule has 3 aromatic rings. The minimum Gasteiger partial charge on any atom is -0.497 e. The SMILES string of the molecule is COc1cccc(-n2nc(C)c(CCC(=O)N[C@H](CN(C)C)c3ccccc3)c2C)c1. The highest BCUT2D eigenvalue weighted by Gasteiger charge is 2.18. The number of hydrogen-bond donors (Lipinski definition) is 1. The van der Waals surface area contributed by atoms with Crippen LogP contribution in [0.2, 0.25) is 0 Å². The second kappa shape index (κ2) is 10.3. The smallest absolute Gasteiger partial charge is 0.220 e. The van der Waals surface area contributed by atoms with E-state index in [0.717, 1.165) is 40.5 Å². The van der Waals surface area contributed by atoms with Gasteiger partial charge in [-0.2, -0.15) is 5.10 Å². The summed E-state index contributed by atoms with van der Waals surface area (Å²) in [6, 6.07) is 17.9. The Hall–Kier alpha value is -3.12. The molecular formula is C25H32N4O2. The summed E-state index contributed by atoms with van der Waals surface area (Å²) in [4.78, 5) is 14.9. The van der Waals surface area contributed by atoms with Gasteiger partial charge in [-0.3, -0.25) is 4.79 Å². The van der Waals surface area contributed by atoms with E-state index < -0.39 is 0 Å². The fraction of sp³-hybridized carbons (Fsp3) is 0.360. The average molecular weight is 421 g/mol. The van der Waals surface area contributed by atoms with E-state index in [-0.39, 0.29) is 11.9 Å². The molecule has 0 fully saturated rings. The lowest BCUT2D eigenvalue weighted by molar-refractivity contribution is -0.121. The van der Waals surface area contributed by atoms with Gasteiger partial charge in [0.2, 0.25) is 5.91 Å². The van der Waals surface area contributed by atoms with E-state index in [9.17, 15) is 4.79 Å². The van der Waals surface area contributed by atoms with E-state index in [1.807, 2.05) is 75.1 Å². The Morgan fingerprint density at radius 3 is 2.55 bits per heavy atom. The van der Waals surface area contributed by atoms with Crippen molar-refractivity contribution >= 4 is 5.91 Å². The molecule has 1 N–H and O–H groups in total. The standard InChI is InChI=1S/C25H32N4O2/c1-18-23(19(2)29(27-18)21-12-9-13-22(16-21)31-5)14-15-25(30)26-24(17-28(3)4)20-10-7-6-8-11-20/h6-13,16,24H,14-15,17H2,1-5H3,(H,26,30)/t24-/m1/s1. The van der Waals surface area contributed by atoms with Crippen LogP contribution >= 0.6 is 0 Å². The Kier molecular flexibility index (Phi) is 7.47. The Balaban J connectivity index is 1.70. The first-order valence-electron chi connectivity index (χ1n) is 10.6. The van der Waals surface area contributed by atoms with Gasteiger partial charge in [0.15, 0.2) is 0 Å². The van der Waals surface area contributed by atoms with Gasteiger partial charge in [-0.05, 0) is 57.6 Å². The van der Waals surface area contributed by atoms with E-state index in [1.165, 1.54) is 0 Å². The number of ether oxygens (including phenoxy) is 1. The van der Waals surface area contributed by atoms with E-state index >= 15 is 0 Å². The van der Waals surface area contributed by atoms with Crippen molar-refractivity contribution in [3.63, 3.8) is 0 Å². The van der Waals surface area contributed by atoms with E-state index in [2.05, 4.69) is 22.3 Å². The van der Waals surface area contributed by atoms with Crippen LogP contribution in [0.15, 0.2) is 54.6 Å². The number of nitrogens with one attached hydrogen (secondary N) is 1. The topological polar surface area (TPSA) is 59.4 Å². The third kappa shape index (κ3) is 5.73. The number of nitrogens with zero attached hydrogens (tertiary/aromatic N) is 3. The van der Waals surface area contributed by atoms with Crippen LogP contribution in [0.25, 0.3) is 5.69 Å². The van der Waals surface area contributed by atoms with Crippen molar-refractivity contribution in [2.75, 3.05) is 27.7 Å². The highest BCUT2D eigenvalue weighted by Crippen LogP contribution is 2.22. The van der Waals surface area contributed by atoms with Crippen molar-refractivity contribution in [1.82, 2.24) is 20.0 Å². The van der Waals surface area contributed by atoms with Gasteiger partial charge in [0.1, 0.15) is 5.75 Å². The lowest BCUT2D eigenvalue weighted by Gasteiger charge is -2.23. The van der Waals surface area contributed by atoms with Gasteiger partial charge < -0.3 is 15.0 Å². The number of benzene rings is 2. The van der Waals surface area contributed by atoms with Crippen molar-refractivity contribution in [2.24, 2.45) is 0 Å². The molecule has 2 aromatic carbocycles. The van der Waals surface area contributed by atoms with Crippen LogP contribution in [0.4, 0.5) is 0 Å². The number of methoxy groups -OCH3 is 1. The number of likely N-dealkylation sites (N-methyl/N-ethyl adjacent to an activating group) is 1. The number of rotatable bonds is 9. The Morgan fingerprint density at radius 1 is 1.13 bits per heavy atom. The molecule has 1 atom stereocenters. The largest absolute Gasteiger partial charge is 0.497 e. The maximum atomic E-state index is 12.8. The second-order valence-corrected chi connectivity index (χ2v) is 8.06. The summed E-state index contributed by atoms with van der Waals surface area (Å²) < 4.78 is 7.26. The monoisotopic (exact) mass is 420 g/mol. The molecule has 0 radical (unpaired) electrons. The summed E-state index contributed by atoms with van der Waals surface area (Å²) in [6.07, 6.45) is 1.07. The fourth-order valence-corrected chi connectivity index (χ4v) is 3.82. The zero-order valence-corrected chi connectivity index (χ0v) is 19.1. The number of aryl methyl sites for hydroxylation is 1. The third-order valence-corrected chi connectivity index (χ3v) is 5.43. The molecule has 0 aliphatic carbocycles. The molecule has 0 aliphatic rings. The van der Waals surface area contributed by atoms with Crippen LogP contribution in [0.1, 0.15) is 35.0 Å². The number of carbonyl (C=O) groups excluding carboxylic acids is 1. The molecule has 0 bridgehead atoms. The second-order valence-electron chi connectivity index (χ2n) is 8.06. The molecule has 3 rings (SSSR count). The van der Waals surface area contributed by atoms with E-state index in [4.69, 9.17) is 9.84 Å². The quantitative estimate of drug-likeness (QED) is 0.571. The molecule has 164 valence electrons. The van der Waals surface area contributed by atoms with Gasteiger partial charge in [0.05, 0.1) is 24.5 Å². The normalized spacial score (nSPS) is 12.1. The van der Waals surface area contributed by atoms with Gasteiger partial charge in [-0.25, -0.2) is 4.68 Å². The first kappa shape index (κ1) is 22.6. The summed E-state index contributed by atoms with van der Waals surface area (Å²) >= 11 is 0. The summed E-state index contributed by atoms with van der Waals surface area (Å²) in [7, 11) is 5.69. The van der Waals surface area contributed by atoms with Crippen molar-refractivity contribution in [1.29, 1.82) is 0 Å². The molecule has 0 aliphatic heterocycles. The number of aromatic nitrogens is 2. The van der Waals surface area contributed by atoms with Crippen molar-refractivity contribution < 1.29 is 9.53 Å². The Bertz CT molecular complexity index is 1010. The van der Waals surface area contributed by atoms with Crippen LogP contribution < -0.4 is 10.1 Å². The molecular weight excluding hydrogens is 388 g/mol. The van der Waals surface area contributed by atoms with Crippen LogP contribution in [0.5, 0.6) is 5.75 Å². The highest BCUT2D eigenvalue weighted by atomic mass is 16.5. The minimum absolute atomic E-state index is 0.0367. The summed E-state index contributed by atoms with van der Waals surface area (Å²) in [5.74, 6) is 0.836. The van der Waals surface area contributed by atoms with Gasteiger partial charge in [-0.1, -0.05) is 36.4 Å². The Labute approximate surface area is 184 Å². The average Bonchev–Trinajstić information content (AvgIpc) is 3.05. The number of amides is 1. The molecule has 31 heavy (non-hydrogen) atoms. The minimum atomic E-state index is -0.0367. The predicted molar refractivity (Wildman–Crippen MR) is 124 cm³/mol. The van der Waals surface area contributed by atoms with Crippen molar-refractivity contribution in [3.05, 3.63) is 77.1 Å². The molecule has 0 spiro atoms. The van der Waals surface area contributed by atoms with Gasteiger partial charge in [0.25, 0.3) is 0 Å². The van der Waals surface area contributed by atoms with Crippen LogP contribution in [0, 0.1) is 13.8 Å². The molecule has 6 heteroatoms. The molecule has 6 nitrogen and oxygen atoms in total. The van der Waals surface area contributed by atoms with Crippen molar-refractivity contribution in [3.8, 4) is 11.4 Å². The van der Waals surface area contributed by atoms with Gasteiger partial charge in [0, 0.05) is 24.7 Å². The molecule has 0 saturated heterocycles. The first-order valence-corrected chi connectivity index (χ1v) is 10.6. The molecule has 0 saturated carbocycles. The highest BCUT2D eigenvalue weighted by molar-refractivity contribution is 5.76. The molecule has 0 unspecified atom stereocenters. The molecule has 1 aromatic heterocycles. The predicted octanol–water partition coefficient (Wildman–Crippen LogP) is 3.85. The van der Waals surface area contributed by atoms with Crippen LogP contribution in [0.3, 0.4) is 0 Å². The number of hydrogen-bond acceptors (Lipinski definition) is 4. The van der Waals surface area contributed by atoms with E-state index in [0.29, 0.717) is 12.8 Å². The maximum Gasteiger partial charge on any atom is 0.220 e. The number of carbonyl (C=O) groups is 1. The molecule has 1 amide bonds. The fourth-order valence-electron chi connectivity index (χ4n) is 3.82. The van der Waals surface area contributed by atoms with E-state index in [1.54, 1.807) is 7.11 Å². The summed E-state index contributed by atoms with van der Waals surface area (Å²) in [6.45, 7) is 4.79. The summed E-state index contributed by atoms with van der Waals surface area (Å²) in [5.41, 5.74) is 5.17. The zero-order valence-electron chi connectivity index (χ0n) is 19.1. The first-order chi connectivity index (χ1) is 14.9.